The molecule has 0 unspecified atom stereocenters. The van der Waals surface area contributed by atoms with Gasteiger partial charge in [-0.15, -0.1) is 10.2 Å². The van der Waals surface area contributed by atoms with Crippen LogP contribution in [0.3, 0.4) is 0 Å². The maximum Gasteiger partial charge on any atom is 0.338 e. The van der Waals surface area contributed by atoms with Crippen LogP contribution in [0.25, 0.3) is 11.5 Å². The van der Waals surface area contributed by atoms with Gasteiger partial charge in [0, 0.05) is 24.9 Å². The highest BCUT2D eigenvalue weighted by Crippen LogP contribution is 2.30. The number of aromatic carboxylic acids is 1. The SMILES string of the molecule is CCc1nnc(-c2c(C(=O)O)c(C)n(C)c2C)o1. The predicted octanol–water partition coefficient (Wildman–Crippen LogP) is 1.95. The number of aromatic nitrogens is 3. The van der Waals surface area contributed by atoms with Crippen molar-refractivity contribution in [2.75, 3.05) is 0 Å². The van der Waals surface area contributed by atoms with E-state index in [4.69, 9.17) is 4.42 Å². The molecule has 96 valence electrons. The second-order valence-corrected chi connectivity index (χ2v) is 4.14. The Hall–Kier alpha value is -2.11. The lowest BCUT2D eigenvalue weighted by Gasteiger charge is -1.98. The first kappa shape index (κ1) is 12.3. The van der Waals surface area contributed by atoms with Crippen LogP contribution in [0.1, 0.15) is 34.6 Å². The quantitative estimate of drug-likeness (QED) is 0.899. The summed E-state index contributed by atoms with van der Waals surface area (Å²) in [7, 11) is 1.82. The van der Waals surface area contributed by atoms with Crippen LogP contribution in [0.4, 0.5) is 0 Å². The van der Waals surface area contributed by atoms with Crippen molar-refractivity contribution in [2.24, 2.45) is 7.05 Å². The normalized spacial score (nSPS) is 10.9. The van der Waals surface area contributed by atoms with Crippen LogP contribution in [-0.4, -0.2) is 25.8 Å². The molecule has 1 N–H and O–H groups in total. The van der Waals surface area contributed by atoms with Crippen molar-refractivity contribution in [3.63, 3.8) is 0 Å². The van der Waals surface area contributed by atoms with Gasteiger partial charge in [0.1, 0.15) is 0 Å². The minimum Gasteiger partial charge on any atom is -0.478 e. The summed E-state index contributed by atoms with van der Waals surface area (Å²) in [4.78, 5) is 11.4. The summed E-state index contributed by atoms with van der Waals surface area (Å²) in [5, 5.41) is 17.1. The molecular weight excluding hydrogens is 234 g/mol. The van der Waals surface area contributed by atoms with Crippen molar-refractivity contribution in [3.05, 3.63) is 22.8 Å². The number of aryl methyl sites for hydroxylation is 1. The number of hydrogen-bond donors (Lipinski definition) is 1. The molecule has 0 saturated heterocycles. The maximum absolute atomic E-state index is 11.4. The predicted molar refractivity (Wildman–Crippen MR) is 64.5 cm³/mol. The van der Waals surface area contributed by atoms with Crippen LogP contribution >= 0.6 is 0 Å². The fourth-order valence-corrected chi connectivity index (χ4v) is 1.97. The van der Waals surface area contributed by atoms with E-state index in [0.717, 1.165) is 5.69 Å². The van der Waals surface area contributed by atoms with Gasteiger partial charge in [-0.3, -0.25) is 0 Å². The van der Waals surface area contributed by atoms with E-state index in [2.05, 4.69) is 10.2 Å². The number of carboxylic acid groups (broad SMARTS) is 1. The molecule has 2 heterocycles. The molecule has 6 heteroatoms. The highest BCUT2D eigenvalue weighted by atomic mass is 16.4. The second-order valence-electron chi connectivity index (χ2n) is 4.14. The van der Waals surface area contributed by atoms with Crippen molar-refractivity contribution >= 4 is 5.97 Å². The molecule has 2 rings (SSSR count). The minimum absolute atomic E-state index is 0.223. The van der Waals surface area contributed by atoms with E-state index < -0.39 is 5.97 Å². The molecule has 6 nitrogen and oxygen atoms in total. The summed E-state index contributed by atoms with van der Waals surface area (Å²) in [5.41, 5.74) is 2.21. The van der Waals surface area contributed by atoms with Crippen molar-refractivity contribution in [3.8, 4) is 11.5 Å². The highest BCUT2D eigenvalue weighted by Gasteiger charge is 2.25. The Balaban J connectivity index is 2.69. The summed E-state index contributed by atoms with van der Waals surface area (Å²) in [6.07, 6.45) is 0.625. The van der Waals surface area contributed by atoms with Gasteiger partial charge < -0.3 is 14.1 Å². The van der Waals surface area contributed by atoms with E-state index in [0.29, 0.717) is 23.6 Å². The molecule has 0 saturated carbocycles. The molecule has 0 radical (unpaired) electrons. The van der Waals surface area contributed by atoms with Gasteiger partial charge in [0.2, 0.25) is 11.8 Å². The number of rotatable bonds is 3. The summed E-state index contributed by atoms with van der Waals surface area (Å²) >= 11 is 0. The summed E-state index contributed by atoms with van der Waals surface area (Å²) in [5.74, 6) is -0.213. The Kier molecular flexibility index (Phi) is 2.94. The smallest absolute Gasteiger partial charge is 0.338 e. The van der Waals surface area contributed by atoms with E-state index >= 15 is 0 Å². The lowest BCUT2D eigenvalue weighted by atomic mass is 10.1. The number of carbonyl (C=O) groups is 1. The zero-order chi connectivity index (χ0) is 13.4. The van der Waals surface area contributed by atoms with Crippen LogP contribution in [0, 0.1) is 13.8 Å². The molecule has 0 aromatic carbocycles. The zero-order valence-corrected chi connectivity index (χ0v) is 10.8. The zero-order valence-electron chi connectivity index (χ0n) is 10.8. The van der Waals surface area contributed by atoms with Crippen LogP contribution < -0.4 is 0 Å². The van der Waals surface area contributed by atoms with Crippen LogP contribution in [0.15, 0.2) is 4.42 Å². The number of hydrogen-bond acceptors (Lipinski definition) is 4. The molecule has 0 spiro atoms. The van der Waals surface area contributed by atoms with E-state index in [-0.39, 0.29) is 11.5 Å². The lowest BCUT2D eigenvalue weighted by Crippen LogP contribution is -2.00. The molecule has 0 atom stereocenters. The molecule has 0 aliphatic heterocycles. The molecule has 0 amide bonds. The van der Waals surface area contributed by atoms with Crippen LogP contribution in [-0.2, 0) is 13.5 Å². The topological polar surface area (TPSA) is 81.1 Å². The van der Waals surface area contributed by atoms with E-state index in [1.807, 2.05) is 25.5 Å². The van der Waals surface area contributed by atoms with Crippen LogP contribution in [0.5, 0.6) is 0 Å². The van der Waals surface area contributed by atoms with E-state index in [1.165, 1.54) is 0 Å². The van der Waals surface area contributed by atoms with E-state index in [9.17, 15) is 9.90 Å². The summed E-state index contributed by atoms with van der Waals surface area (Å²) in [6, 6.07) is 0. The fourth-order valence-electron chi connectivity index (χ4n) is 1.97. The largest absolute Gasteiger partial charge is 0.478 e. The molecule has 0 fully saturated rings. The van der Waals surface area contributed by atoms with Gasteiger partial charge in [-0.1, -0.05) is 6.92 Å². The molecule has 0 aliphatic carbocycles. The average molecular weight is 249 g/mol. The Morgan fingerprint density at radius 1 is 1.33 bits per heavy atom. The van der Waals surface area contributed by atoms with Gasteiger partial charge in [0.25, 0.3) is 0 Å². The monoisotopic (exact) mass is 249 g/mol. The van der Waals surface area contributed by atoms with Gasteiger partial charge in [-0.05, 0) is 13.8 Å². The second kappa shape index (κ2) is 4.29. The van der Waals surface area contributed by atoms with Crippen LogP contribution in [0.2, 0.25) is 0 Å². The first-order valence-corrected chi connectivity index (χ1v) is 5.69. The summed E-state index contributed by atoms with van der Waals surface area (Å²) in [6.45, 7) is 5.50. The third kappa shape index (κ3) is 1.70. The van der Waals surface area contributed by atoms with Crippen molar-refractivity contribution in [1.82, 2.24) is 14.8 Å². The number of carboxylic acids is 1. The van der Waals surface area contributed by atoms with Crippen molar-refractivity contribution in [2.45, 2.75) is 27.2 Å². The van der Waals surface area contributed by atoms with Crippen molar-refractivity contribution < 1.29 is 14.3 Å². The van der Waals surface area contributed by atoms with Gasteiger partial charge in [-0.25, -0.2) is 4.79 Å². The molecule has 18 heavy (non-hydrogen) atoms. The van der Waals surface area contributed by atoms with E-state index in [1.54, 1.807) is 6.92 Å². The van der Waals surface area contributed by atoms with Gasteiger partial charge in [0.15, 0.2) is 0 Å². The van der Waals surface area contributed by atoms with Crippen molar-refractivity contribution in [1.29, 1.82) is 0 Å². The average Bonchev–Trinajstić information content (AvgIpc) is 2.88. The maximum atomic E-state index is 11.4. The Morgan fingerprint density at radius 2 is 2.00 bits per heavy atom. The summed E-state index contributed by atoms with van der Waals surface area (Å²) < 4.78 is 7.27. The third-order valence-corrected chi connectivity index (χ3v) is 3.18. The lowest BCUT2D eigenvalue weighted by molar-refractivity contribution is 0.0696. The highest BCUT2D eigenvalue weighted by molar-refractivity contribution is 5.97. The molecule has 2 aromatic heterocycles. The number of nitrogens with zero attached hydrogens (tertiary/aromatic N) is 3. The van der Waals surface area contributed by atoms with Gasteiger partial charge in [-0.2, -0.15) is 0 Å². The first-order valence-electron chi connectivity index (χ1n) is 5.69. The van der Waals surface area contributed by atoms with Gasteiger partial charge >= 0.3 is 5.97 Å². The Morgan fingerprint density at radius 3 is 2.50 bits per heavy atom. The van der Waals surface area contributed by atoms with Gasteiger partial charge in [0.05, 0.1) is 11.1 Å². The third-order valence-electron chi connectivity index (χ3n) is 3.18. The molecule has 0 aliphatic rings. The molecule has 2 aromatic rings. The fraction of sp³-hybridized carbons (Fsp3) is 0.417. The molecular formula is C12H15N3O3. The Labute approximate surface area is 104 Å². The minimum atomic E-state index is -0.984. The standard InChI is InChI=1S/C12H15N3O3/c1-5-8-13-14-11(18-8)9-6(2)15(4)7(3)10(9)12(16)17/h5H2,1-4H3,(H,16,17). The Bertz CT molecular complexity index is 610. The first-order chi connectivity index (χ1) is 8.47. The molecule has 0 bridgehead atoms.